The minimum atomic E-state index is -0.134. The van der Waals surface area contributed by atoms with Gasteiger partial charge in [0.25, 0.3) is 0 Å². The second-order valence-electron chi connectivity index (χ2n) is 5.34. The number of benzene rings is 1. The second-order valence-corrected chi connectivity index (χ2v) is 5.34. The zero-order chi connectivity index (χ0) is 16.2. The van der Waals surface area contributed by atoms with E-state index in [1.165, 1.54) is 0 Å². The molecule has 1 amide bonds. The second kappa shape index (κ2) is 6.51. The Balaban J connectivity index is 1.49. The van der Waals surface area contributed by atoms with Crippen LogP contribution in [0.5, 0.6) is 11.5 Å². The molecular weight excluding hydrogens is 296 g/mol. The van der Waals surface area contributed by atoms with Gasteiger partial charge in [-0.3, -0.25) is 15.6 Å². The standard InChI is InChI=1S/C16H18N4O3/c1-10-7-11(2)18-16(17-10)20-19-15(21)6-4-12-3-5-13-14(8-12)23-9-22-13/h3,5,7-8H,4,6,9H2,1-2H3,(H,19,21)(H,17,18,20). The Morgan fingerprint density at radius 3 is 2.65 bits per heavy atom. The van der Waals surface area contributed by atoms with Gasteiger partial charge < -0.3 is 9.47 Å². The van der Waals surface area contributed by atoms with Crippen molar-refractivity contribution in [3.8, 4) is 11.5 Å². The van der Waals surface area contributed by atoms with Gasteiger partial charge in [0.1, 0.15) is 0 Å². The molecule has 1 aliphatic rings. The number of carbonyl (C=O) groups excluding carboxylic acids is 1. The molecule has 0 saturated carbocycles. The lowest BCUT2D eigenvalue weighted by Crippen LogP contribution is -2.30. The van der Waals surface area contributed by atoms with E-state index in [1.807, 2.05) is 38.1 Å². The smallest absolute Gasteiger partial charge is 0.242 e. The Morgan fingerprint density at radius 1 is 1.13 bits per heavy atom. The van der Waals surface area contributed by atoms with Gasteiger partial charge in [-0.15, -0.1) is 0 Å². The number of hydrogen-bond acceptors (Lipinski definition) is 6. The molecule has 7 nitrogen and oxygen atoms in total. The first kappa shape index (κ1) is 15.1. The van der Waals surface area contributed by atoms with E-state index in [-0.39, 0.29) is 12.7 Å². The first-order valence-electron chi connectivity index (χ1n) is 7.36. The molecule has 3 rings (SSSR count). The van der Waals surface area contributed by atoms with Crippen molar-refractivity contribution in [1.29, 1.82) is 0 Å². The number of anilines is 1. The molecule has 0 unspecified atom stereocenters. The highest BCUT2D eigenvalue weighted by molar-refractivity contribution is 5.77. The number of fused-ring (bicyclic) bond motifs is 1. The summed E-state index contributed by atoms with van der Waals surface area (Å²) in [6.07, 6.45) is 0.954. The Labute approximate surface area is 134 Å². The van der Waals surface area contributed by atoms with Gasteiger partial charge in [0.2, 0.25) is 18.6 Å². The molecule has 23 heavy (non-hydrogen) atoms. The SMILES string of the molecule is Cc1cc(C)nc(NNC(=O)CCc2ccc3c(c2)OCO3)n1. The van der Waals surface area contributed by atoms with Crippen molar-refractivity contribution in [3.63, 3.8) is 0 Å². The van der Waals surface area contributed by atoms with Crippen LogP contribution in [0.1, 0.15) is 23.4 Å². The van der Waals surface area contributed by atoms with Crippen molar-refractivity contribution in [3.05, 3.63) is 41.2 Å². The Hall–Kier alpha value is -2.83. The van der Waals surface area contributed by atoms with Gasteiger partial charge in [0.05, 0.1) is 0 Å². The summed E-state index contributed by atoms with van der Waals surface area (Å²) in [6.45, 7) is 4.00. The third-order valence-corrected chi connectivity index (χ3v) is 3.37. The molecule has 7 heteroatoms. The number of carbonyl (C=O) groups is 1. The summed E-state index contributed by atoms with van der Waals surface area (Å²) in [7, 11) is 0. The van der Waals surface area contributed by atoms with Crippen molar-refractivity contribution < 1.29 is 14.3 Å². The lowest BCUT2D eigenvalue weighted by molar-refractivity contribution is -0.120. The van der Waals surface area contributed by atoms with Crippen LogP contribution < -0.4 is 20.3 Å². The van der Waals surface area contributed by atoms with Gasteiger partial charge in [-0.25, -0.2) is 9.97 Å². The first-order chi connectivity index (χ1) is 11.1. The van der Waals surface area contributed by atoms with Crippen LogP contribution in [0.4, 0.5) is 5.95 Å². The van der Waals surface area contributed by atoms with E-state index >= 15 is 0 Å². The van der Waals surface area contributed by atoms with Crippen molar-refractivity contribution in [2.75, 3.05) is 12.2 Å². The summed E-state index contributed by atoms with van der Waals surface area (Å²) in [5.74, 6) is 1.72. The Kier molecular flexibility index (Phi) is 4.27. The fraction of sp³-hybridized carbons (Fsp3) is 0.312. The summed E-state index contributed by atoms with van der Waals surface area (Å²) in [4.78, 5) is 20.3. The third kappa shape index (κ3) is 3.88. The largest absolute Gasteiger partial charge is 0.454 e. The predicted octanol–water partition coefficient (Wildman–Crippen LogP) is 1.90. The summed E-state index contributed by atoms with van der Waals surface area (Å²) >= 11 is 0. The summed E-state index contributed by atoms with van der Waals surface area (Å²) in [5.41, 5.74) is 8.05. The molecule has 2 heterocycles. The van der Waals surface area contributed by atoms with Crippen molar-refractivity contribution in [2.45, 2.75) is 26.7 Å². The Morgan fingerprint density at radius 2 is 1.87 bits per heavy atom. The number of amides is 1. The van der Waals surface area contributed by atoms with Crippen LogP contribution in [-0.4, -0.2) is 22.7 Å². The van der Waals surface area contributed by atoms with E-state index < -0.39 is 0 Å². The van der Waals surface area contributed by atoms with E-state index in [9.17, 15) is 4.79 Å². The van der Waals surface area contributed by atoms with Crippen LogP contribution in [0, 0.1) is 13.8 Å². The zero-order valence-corrected chi connectivity index (χ0v) is 13.0. The van der Waals surface area contributed by atoms with Crippen molar-refractivity contribution in [2.24, 2.45) is 0 Å². The van der Waals surface area contributed by atoms with Gasteiger partial charge in [-0.2, -0.15) is 0 Å². The first-order valence-corrected chi connectivity index (χ1v) is 7.36. The van der Waals surface area contributed by atoms with Crippen LogP contribution in [0.15, 0.2) is 24.3 Å². The number of nitrogens with zero attached hydrogens (tertiary/aromatic N) is 2. The minimum absolute atomic E-state index is 0.134. The maximum Gasteiger partial charge on any atom is 0.242 e. The monoisotopic (exact) mass is 314 g/mol. The molecular formula is C16H18N4O3. The average Bonchev–Trinajstić information content (AvgIpc) is 2.97. The zero-order valence-electron chi connectivity index (χ0n) is 13.0. The molecule has 0 radical (unpaired) electrons. The average molecular weight is 314 g/mol. The molecule has 2 aromatic rings. The molecule has 2 N–H and O–H groups in total. The summed E-state index contributed by atoms with van der Waals surface area (Å²) in [5, 5.41) is 0. The highest BCUT2D eigenvalue weighted by Crippen LogP contribution is 2.32. The van der Waals surface area contributed by atoms with Crippen LogP contribution in [-0.2, 0) is 11.2 Å². The lowest BCUT2D eigenvalue weighted by Gasteiger charge is -2.08. The topological polar surface area (TPSA) is 85.4 Å². The Bertz CT molecular complexity index is 713. The molecule has 0 fully saturated rings. The maximum absolute atomic E-state index is 11.9. The van der Waals surface area contributed by atoms with Gasteiger partial charge in [-0.05, 0) is 44.0 Å². The summed E-state index contributed by atoms with van der Waals surface area (Å²) in [6, 6.07) is 7.56. The van der Waals surface area contributed by atoms with Crippen LogP contribution in [0.25, 0.3) is 0 Å². The van der Waals surface area contributed by atoms with E-state index in [0.29, 0.717) is 18.8 Å². The van der Waals surface area contributed by atoms with Gasteiger partial charge in [0, 0.05) is 17.8 Å². The number of aryl methyl sites for hydroxylation is 3. The molecule has 1 aromatic carbocycles. The van der Waals surface area contributed by atoms with Crippen molar-refractivity contribution >= 4 is 11.9 Å². The van der Waals surface area contributed by atoms with Gasteiger partial charge in [0.15, 0.2) is 11.5 Å². The number of ether oxygens (including phenoxy) is 2. The molecule has 0 saturated heterocycles. The van der Waals surface area contributed by atoms with Gasteiger partial charge >= 0.3 is 0 Å². The van der Waals surface area contributed by atoms with Crippen LogP contribution in [0.2, 0.25) is 0 Å². The lowest BCUT2D eigenvalue weighted by atomic mass is 10.1. The number of hydrogen-bond donors (Lipinski definition) is 2. The third-order valence-electron chi connectivity index (χ3n) is 3.37. The van der Waals surface area contributed by atoms with E-state index in [4.69, 9.17) is 9.47 Å². The van der Waals surface area contributed by atoms with E-state index in [2.05, 4.69) is 20.8 Å². The molecule has 120 valence electrons. The van der Waals surface area contributed by atoms with Crippen molar-refractivity contribution in [1.82, 2.24) is 15.4 Å². The number of hydrazine groups is 1. The minimum Gasteiger partial charge on any atom is -0.454 e. The molecule has 0 bridgehead atoms. The number of nitrogens with one attached hydrogen (secondary N) is 2. The molecule has 0 atom stereocenters. The molecule has 0 aliphatic carbocycles. The normalized spacial score (nSPS) is 12.1. The molecule has 1 aromatic heterocycles. The fourth-order valence-electron chi connectivity index (χ4n) is 2.32. The van der Waals surface area contributed by atoms with Gasteiger partial charge in [-0.1, -0.05) is 6.07 Å². The predicted molar refractivity (Wildman–Crippen MR) is 84.2 cm³/mol. The molecule has 1 aliphatic heterocycles. The quantitative estimate of drug-likeness (QED) is 0.820. The van der Waals surface area contributed by atoms with E-state index in [1.54, 1.807) is 0 Å². The fourth-order valence-corrected chi connectivity index (χ4v) is 2.32. The highest BCUT2D eigenvalue weighted by Gasteiger charge is 2.13. The molecule has 0 spiro atoms. The highest BCUT2D eigenvalue weighted by atomic mass is 16.7. The number of aromatic nitrogens is 2. The number of rotatable bonds is 5. The van der Waals surface area contributed by atoms with E-state index in [0.717, 1.165) is 28.5 Å². The van der Waals surface area contributed by atoms with Crippen LogP contribution in [0.3, 0.4) is 0 Å². The maximum atomic E-state index is 11.9. The van der Waals surface area contributed by atoms with Crippen LogP contribution >= 0.6 is 0 Å². The summed E-state index contributed by atoms with van der Waals surface area (Å²) < 4.78 is 10.6.